The van der Waals surface area contributed by atoms with Gasteiger partial charge in [0.05, 0.1) is 34.9 Å². The fourth-order valence-electron chi connectivity index (χ4n) is 5.60. The minimum Gasteiger partial charge on any atom is -0.392 e. The van der Waals surface area contributed by atoms with Crippen LogP contribution in [0.15, 0.2) is 30.3 Å². The average Bonchev–Trinajstić information content (AvgIpc) is 2.92. The third-order valence-corrected chi connectivity index (χ3v) is 8.26. The predicted molar refractivity (Wildman–Crippen MR) is 145 cm³/mol. The first-order chi connectivity index (χ1) is 19.3. The summed E-state index contributed by atoms with van der Waals surface area (Å²) in [5.41, 5.74) is 4.17. The van der Waals surface area contributed by atoms with Gasteiger partial charge in [0.2, 0.25) is 5.91 Å². The summed E-state index contributed by atoms with van der Waals surface area (Å²) in [5, 5.41) is 13.4. The van der Waals surface area contributed by atoms with Gasteiger partial charge in [-0.1, -0.05) is 30.5 Å². The van der Waals surface area contributed by atoms with Crippen molar-refractivity contribution in [2.24, 2.45) is 11.1 Å². The number of amides is 2. The van der Waals surface area contributed by atoms with Crippen LogP contribution in [-0.4, -0.2) is 66.8 Å². The highest BCUT2D eigenvalue weighted by Gasteiger charge is 2.46. The number of halogens is 6. The first-order valence-corrected chi connectivity index (χ1v) is 13.8. The van der Waals surface area contributed by atoms with Gasteiger partial charge in [0.25, 0.3) is 5.91 Å². The van der Waals surface area contributed by atoms with Crippen LogP contribution in [0.4, 0.5) is 33.3 Å². The molecule has 1 aliphatic carbocycles. The molecule has 2 aliphatic rings. The van der Waals surface area contributed by atoms with E-state index in [-0.39, 0.29) is 30.6 Å². The number of benzene rings is 2. The lowest BCUT2D eigenvalue weighted by molar-refractivity contribution is -0.139. The molecule has 2 atom stereocenters. The van der Waals surface area contributed by atoms with E-state index in [9.17, 15) is 27.9 Å². The number of carbonyl (C=O) groups is 2. The molecule has 4 N–H and O–H groups in total. The summed E-state index contributed by atoms with van der Waals surface area (Å²) in [6.45, 7) is 1.34. The second-order valence-corrected chi connectivity index (χ2v) is 11.1. The molecule has 1 saturated heterocycles. The number of hydrogen-bond acceptors (Lipinski definition) is 5. The number of nitrogens with zero attached hydrogens (tertiary/aromatic N) is 2. The van der Waals surface area contributed by atoms with E-state index in [0.717, 1.165) is 6.07 Å². The van der Waals surface area contributed by atoms with Gasteiger partial charge in [-0.3, -0.25) is 14.5 Å². The molecule has 0 aromatic heterocycles. The number of carbonyl (C=O) groups excluding carboxylic acids is 2. The second-order valence-electron chi connectivity index (χ2n) is 10.7. The molecule has 1 heterocycles. The Morgan fingerprint density at radius 1 is 1.07 bits per heavy atom. The number of nitrogens with one attached hydrogen (secondary N) is 1. The summed E-state index contributed by atoms with van der Waals surface area (Å²) in [7, 11) is 0. The van der Waals surface area contributed by atoms with Crippen LogP contribution in [0.5, 0.6) is 0 Å². The van der Waals surface area contributed by atoms with E-state index in [4.69, 9.17) is 17.3 Å². The fraction of sp³-hybridized carbons (Fsp3) is 0.500. The molecular weight excluding hydrogens is 571 g/mol. The number of alkyl halides is 3. The van der Waals surface area contributed by atoms with E-state index in [0.29, 0.717) is 56.2 Å². The number of nitrogens with two attached hydrogens (primary N) is 1. The van der Waals surface area contributed by atoms with Gasteiger partial charge in [0.15, 0.2) is 11.6 Å². The monoisotopic (exact) mass is 602 g/mol. The van der Waals surface area contributed by atoms with Crippen molar-refractivity contribution < 1.29 is 36.6 Å². The molecule has 41 heavy (non-hydrogen) atoms. The zero-order chi connectivity index (χ0) is 29.9. The van der Waals surface area contributed by atoms with Gasteiger partial charge in [0, 0.05) is 37.7 Å². The van der Waals surface area contributed by atoms with Crippen molar-refractivity contribution in [2.75, 3.05) is 42.9 Å². The SMILES string of the molecule is NC(=O)C1(Cc2ccc(C(=O)Nc3ccc(Cl)cc3N3CCN(CCC(F)(F)F)CC3)c(F)c2F)CCCCC1O. The highest BCUT2D eigenvalue weighted by atomic mass is 35.5. The van der Waals surface area contributed by atoms with Crippen molar-refractivity contribution in [3.63, 3.8) is 0 Å². The molecule has 7 nitrogen and oxygen atoms in total. The number of anilines is 2. The van der Waals surface area contributed by atoms with E-state index in [2.05, 4.69) is 5.32 Å². The normalized spacial score (nSPS) is 22.0. The summed E-state index contributed by atoms with van der Waals surface area (Å²) in [5.74, 6) is -4.42. The van der Waals surface area contributed by atoms with Gasteiger partial charge in [-0.25, -0.2) is 8.78 Å². The fourth-order valence-corrected chi connectivity index (χ4v) is 5.77. The van der Waals surface area contributed by atoms with Crippen LogP contribution in [0.1, 0.15) is 48.0 Å². The smallest absolute Gasteiger partial charge is 0.390 e. The van der Waals surface area contributed by atoms with Crippen LogP contribution in [-0.2, 0) is 11.2 Å². The maximum absolute atomic E-state index is 15.2. The van der Waals surface area contributed by atoms with E-state index in [1.807, 2.05) is 4.90 Å². The molecule has 0 spiro atoms. The standard InChI is InChI=1S/C28H32ClF5N4O3/c29-18-5-7-20(21(15-18)38-13-11-37(12-14-38)10-9-28(32,33)34)36-25(40)19-6-4-17(23(30)24(19)31)16-27(26(35)41)8-2-1-3-22(27)39/h4-7,15,22,39H,1-3,8-14,16H2,(H2,35,41)(H,36,40). The lowest BCUT2D eigenvalue weighted by atomic mass is 9.67. The van der Waals surface area contributed by atoms with E-state index in [1.165, 1.54) is 18.2 Å². The first-order valence-electron chi connectivity index (χ1n) is 13.4. The van der Waals surface area contributed by atoms with Crippen LogP contribution in [0, 0.1) is 17.0 Å². The van der Waals surface area contributed by atoms with Crippen molar-refractivity contribution in [2.45, 2.75) is 50.8 Å². The maximum atomic E-state index is 15.2. The summed E-state index contributed by atoms with van der Waals surface area (Å²) in [6.07, 6.45) is -4.68. The molecule has 4 rings (SSSR count). The molecule has 2 fully saturated rings. The van der Waals surface area contributed by atoms with E-state index < -0.39 is 53.1 Å². The number of hydrogen-bond donors (Lipinski definition) is 3. The van der Waals surface area contributed by atoms with Crippen LogP contribution in [0.25, 0.3) is 0 Å². The lowest BCUT2D eigenvalue weighted by Gasteiger charge is -2.39. The Hall–Kier alpha value is -2.96. The number of rotatable bonds is 8. The van der Waals surface area contributed by atoms with Gasteiger partial charge < -0.3 is 21.1 Å². The third-order valence-electron chi connectivity index (χ3n) is 8.02. The molecule has 0 radical (unpaired) electrons. The zero-order valence-corrected chi connectivity index (χ0v) is 23.0. The highest BCUT2D eigenvalue weighted by molar-refractivity contribution is 6.31. The van der Waals surface area contributed by atoms with E-state index in [1.54, 1.807) is 11.0 Å². The summed E-state index contributed by atoms with van der Waals surface area (Å²) < 4.78 is 68.1. The third kappa shape index (κ3) is 7.10. The Morgan fingerprint density at radius 3 is 2.41 bits per heavy atom. The van der Waals surface area contributed by atoms with Crippen molar-refractivity contribution in [3.05, 3.63) is 58.1 Å². The van der Waals surface area contributed by atoms with Crippen LogP contribution in [0.2, 0.25) is 5.02 Å². The predicted octanol–water partition coefficient (Wildman–Crippen LogP) is 4.89. The molecule has 1 aliphatic heterocycles. The Kier molecular flexibility index (Phi) is 9.45. The number of piperazine rings is 1. The zero-order valence-electron chi connectivity index (χ0n) is 22.2. The van der Waals surface area contributed by atoms with Crippen molar-refractivity contribution >= 4 is 34.8 Å². The number of aliphatic hydroxyl groups excluding tert-OH is 1. The van der Waals surface area contributed by atoms with Crippen molar-refractivity contribution in [1.29, 1.82) is 0 Å². The van der Waals surface area contributed by atoms with Gasteiger partial charge in [-0.2, -0.15) is 13.2 Å². The second kappa shape index (κ2) is 12.5. The van der Waals surface area contributed by atoms with Gasteiger partial charge in [-0.05, 0) is 49.1 Å². The summed E-state index contributed by atoms with van der Waals surface area (Å²) >= 11 is 6.17. The topological polar surface area (TPSA) is 98.9 Å². The quantitative estimate of drug-likeness (QED) is 0.374. The van der Waals surface area contributed by atoms with Crippen LogP contribution < -0.4 is 16.0 Å². The Labute approximate surface area is 239 Å². The maximum Gasteiger partial charge on any atom is 0.390 e. The van der Waals surface area contributed by atoms with Crippen molar-refractivity contribution in [1.82, 2.24) is 4.90 Å². The minimum absolute atomic E-state index is 0.114. The Morgan fingerprint density at radius 2 is 1.78 bits per heavy atom. The highest BCUT2D eigenvalue weighted by Crippen LogP contribution is 2.40. The number of primary amides is 1. The molecule has 224 valence electrons. The average molecular weight is 603 g/mol. The minimum atomic E-state index is -4.24. The largest absolute Gasteiger partial charge is 0.392 e. The lowest BCUT2D eigenvalue weighted by Crippen LogP contribution is -2.50. The molecule has 13 heteroatoms. The van der Waals surface area contributed by atoms with Crippen molar-refractivity contribution in [3.8, 4) is 0 Å². The molecular formula is C28H32ClF5N4O3. The molecule has 2 aromatic rings. The van der Waals surface area contributed by atoms with Crippen LogP contribution >= 0.6 is 11.6 Å². The van der Waals surface area contributed by atoms with Crippen LogP contribution in [0.3, 0.4) is 0 Å². The first kappa shape index (κ1) is 31.0. The Balaban J connectivity index is 1.50. The van der Waals surface area contributed by atoms with Gasteiger partial charge in [0.1, 0.15) is 0 Å². The van der Waals surface area contributed by atoms with Gasteiger partial charge >= 0.3 is 6.18 Å². The van der Waals surface area contributed by atoms with E-state index >= 15 is 8.78 Å². The Bertz CT molecular complexity index is 1290. The van der Waals surface area contributed by atoms with Gasteiger partial charge in [-0.15, -0.1) is 0 Å². The number of aliphatic hydroxyl groups is 1. The molecule has 2 unspecified atom stereocenters. The molecule has 0 bridgehead atoms. The molecule has 1 saturated carbocycles. The molecule has 2 amide bonds. The summed E-state index contributed by atoms with van der Waals surface area (Å²) in [6, 6.07) is 6.93. The summed E-state index contributed by atoms with van der Waals surface area (Å²) in [4.78, 5) is 28.9. The molecule has 2 aromatic carbocycles.